The normalized spacial score (nSPS) is 23.0. The van der Waals surface area contributed by atoms with Crippen LogP contribution in [0.2, 0.25) is 0 Å². The van der Waals surface area contributed by atoms with Crippen LogP contribution in [-0.2, 0) is 6.42 Å². The molecule has 1 unspecified atom stereocenters. The SMILES string of the molecule is CCC1Cc2cc[nH]c21. The van der Waals surface area contributed by atoms with E-state index < -0.39 is 0 Å². The zero-order chi connectivity index (χ0) is 6.27. The molecule has 0 saturated heterocycles. The molecule has 1 aromatic rings. The molecule has 1 aliphatic carbocycles. The molecule has 1 aromatic heterocycles. The fourth-order valence-electron chi connectivity index (χ4n) is 1.56. The molecule has 1 N–H and O–H groups in total. The molecule has 48 valence electrons. The predicted octanol–water partition coefficient (Wildman–Crippen LogP) is 2.06. The van der Waals surface area contributed by atoms with E-state index in [9.17, 15) is 0 Å². The Morgan fingerprint density at radius 1 is 1.78 bits per heavy atom. The summed E-state index contributed by atoms with van der Waals surface area (Å²) in [7, 11) is 0. The highest BCUT2D eigenvalue weighted by Gasteiger charge is 2.24. The topological polar surface area (TPSA) is 15.8 Å². The summed E-state index contributed by atoms with van der Waals surface area (Å²) in [5.74, 6) is 0.843. The minimum Gasteiger partial charge on any atom is -0.365 e. The molecule has 0 fully saturated rings. The molecule has 0 saturated carbocycles. The summed E-state index contributed by atoms with van der Waals surface area (Å²) in [6, 6.07) is 2.18. The van der Waals surface area contributed by atoms with Gasteiger partial charge in [-0.3, -0.25) is 0 Å². The minimum absolute atomic E-state index is 0.843. The lowest BCUT2D eigenvalue weighted by molar-refractivity contribution is 0.575. The Balaban J connectivity index is 2.31. The molecule has 0 radical (unpaired) electrons. The van der Waals surface area contributed by atoms with E-state index in [2.05, 4.69) is 18.0 Å². The second kappa shape index (κ2) is 1.63. The molecule has 0 bridgehead atoms. The van der Waals surface area contributed by atoms with Gasteiger partial charge in [-0.15, -0.1) is 0 Å². The zero-order valence-corrected chi connectivity index (χ0v) is 5.65. The summed E-state index contributed by atoms with van der Waals surface area (Å²) < 4.78 is 0. The van der Waals surface area contributed by atoms with Crippen LogP contribution in [0.5, 0.6) is 0 Å². The summed E-state index contributed by atoms with van der Waals surface area (Å²) in [4.78, 5) is 3.26. The van der Waals surface area contributed by atoms with Gasteiger partial charge in [-0.1, -0.05) is 6.92 Å². The van der Waals surface area contributed by atoms with Gasteiger partial charge in [-0.2, -0.15) is 0 Å². The molecular weight excluding hydrogens is 110 g/mol. The van der Waals surface area contributed by atoms with Crippen LogP contribution in [0.3, 0.4) is 0 Å². The highest BCUT2D eigenvalue weighted by molar-refractivity contribution is 5.34. The molecule has 1 atom stereocenters. The van der Waals surface area contributed by atoms with Crippen molar-refractivity contribution in [2.75, 3.05) is 0 Å². The molecule has 1 heteroatoms. The molecular formula is C8H11N. The molecule has 0 aromatic carbocycles. The van der Waals surface area contributed by atoms with Crippen LogP contribution in [-0.4, -0.2) is 4.98 Å². The zero-order valence-electron chi connectivity index (χ0n) is 5.65. The van der Waals surface area contributed by atoms with Gasteiger partial charge in [0.1, 0.15) is 0 Å². The summed E-state index contributed by atoms with van der Waals surface area (Å²) in [6.07, 6.45) is 4.63. The van der Waals surface area contributed by atoms with Crippen molar-refractivity contribution in [3.8, 4) is 0 Å². The van der Waals surface area contributed by atoms with E-state index in [1.54, 1.807) is 0 Å². The Morgan fingerprint density at radius 2 is 2.67 bits per heavy atom. The van der Waals surface area contributed by atoms with Gasteiger partial charge < -0.3 is 4.98 Å². The first-order chi connectivity index (χ1) is 4.42. The molecule has 0 amide bonds. The van der Waals surface area contributed by atoms with Gasteiger partial charge in [0.2, 0.25) is 0 Å². The number of fused-ring (bicyclic) bond motifs is 1. The highest BCUT2D eigenvalue weighted by Crippen LogP contribution is 2.35. The van der Waals surface area contributed by atoms with Crippen molar-refractivity contribution in [3.05, 3.63) is 23.5 Å². The van der Waals surface area contributed by atoms with Gasteiger partial charge in [-0.05, 0) is 24.5 Å². The maximum absolute atomic E-state index is 3.26. The first-order valence-electron chi connectivity index (χ1n) is 3.58. The Bertz CT molecular complexity index is 212. The smallest absolute Gasteiger partial charge is 0.0214 e. The van der Waals surface area contributed by atoms with Crippen molar-refractivity contribution in [2.45, 2.75) is 25.7 Å². The average molecular weight is 121 g/mol. The van der Waals surface area contributed by atoms with Crippen molar-refractivity contribution in [3.63, 3.8) is 0 Å². The Labute approximate surface area is 55.1 Å². The number of nitrogens with one attached hydrogen (secondary N) is 1. The van der Waals surface area contributed by atoms with Crippen LogP contribution >= 0.6 is 0 Å². The van der Waals surface area contributed by atoms with Gasteiger partial charge in [0.05, 0.1) is 0 Å². The van der Waals surface area contributed by atoms with Crippen molar-refractivity contribution in [1.29, 1.82) is 0 Å². The third-order valence-electron chi connectivity index (χ3n) is 2.24. The number of hydrogen-bond donors (Lipinski definition) is 1. The highest BCUT2D eigenvalue weighted by atomic mass is 14.7. The van der Waals surface area contributed by atoms with Gasteiger partial charge in [0, 0.05) is 17.8 Å². The van der Waals surface area contributed by atoms with Crippen LogP contribution in [0.4, 0.5) is 0 Å². The summed E-state index contributed by atoms with van der Waals surface area (Å²) in [5.41, 5.74) is 3.01. The second-order valence-electron chi connectivity index (χ2n) is 2.73. The molecule has 1 nitrogen and oxygen atoms in total. The molecule has 0 aliphatic heterocycles. The molecule has 1 heterocycles. The maximum Gasteiger partial charge on any atom is 0.0214 e. The van der Waals surface area contributed by atoms with Crippen molar-refractivity contribution >= 4 is 0 Å². The van der Waals surface area contributed by atoms with Crippen LogP contribution in [0.25, 0.3) is 0 Å². The number of hydrogen-bond acceptors (Lipinski definition) is 0. The summed E-state index contributed by atoms with van der Waals surface area (Å²) in [6.45, 7) is 2.24. The van der Waals surface area contributed by atoms with E-state index >= 15 is 0 Å². The van der Waals surface area contributed by atoms with Crippen LogP contribution in [0.15, 0.2) is 12.3 Å². The maximum atomic E-state index is 3.26. The Morgan fingerprint density at radius 3 is 3.33 bits per heavy atom. The lowest BCUT2D eigenvalue weighted by Gasteiger charge is -2.24. The summed E-state index contributed by atoms with van der Waals surface area (Å²) in [5, 5.41) is 0. The Kier molecular flexibility index (Phi) is 0.922. The van der Waals surface area contributed by atoms with Crippen molar-refractivity contribution < 1.29 is 0 Å². The first-order valence-corrected chi connectivity index (χ1v) is 3.58. The summed E-state index contributed by atoms with van der Waals surface area (Å²) >= 11 is 0. The average Bonchev–Trinajstić information content (AvgIpc) is 2.14. The Hall–Kier alpha value is -0.720. The fraction of sp³-hybridized carbons (Fsp3) is 0.500. The number of rotatable bonds is 1. The fourth-order valence-corrected chi connectivity index (χ4v) is 1.56. The van der Waals surface area contributed by atoms with E-state index in [0.717, 1.165) is 5.92 Å². The van der Waals surface area contributed by atoms with Gasteiger partial charge >= 0.3 is 0 Å². The largest absolute Gasteiger partial charge is 0.365 e. The number of aromatic nitrogens is 1. The number of H-pyrrole nitrogens is 1. The van der Waals surface area contributed by atoms with Crippen molar-refractivity contribution in [2.24, 2.45) is 0 Å². The van der Waals surface area contributed by atoms with Gasteiger partial charge in [0.25, 0.3) is 0 Å². The lowest BCUT2D eigenvalue weighted by Crippen LogP contribution is -2.14. The van der Waals surface area contributed by atoms with E-state index in [0.29, 0.717) is 0 Å². The van der Waals surface area contributed by atoms with Crippen molar-refractivity contribution in [1.82, 2.24) is 4.98 Å². The standard InChI is InChI=1S/C8H11N/c1-2-6-5-7-3-4-9-8(6)7/h3-4,6,9H,2,5H2,1H3. The van der Waals surface area contributed by atoms with Gasteiger partial charge in [-0.25, -0.2) is 0 Å². The van der Waals surface area contributed by atoms with E-state index in [1.165, 1.54) is 24.1 Å². The molecule has 1 aliphatic rings. The minimum atomic E-state index is 0.843. The number of aromatic amines is 1. The van der Waals surface area contributed by atoms with Crippen LogP contribution in [0.1, 0.15) is 30.5 Å². The van der Waals surface area contributed by atoms with Gasteiger partial charge in [0.15, 0.2) is 0 Å². The third-order valence-corrected chi connectivity index (χ3v) is 2.24. The van der Waals surface area contributed by atoms with Crippen LogP contribution < -0.4 is 0 Å². The van der Waals surface area contributed by atoms with E-state index in [-0.39, 0.29) is 0 Å². The monoisotopic (exact) mass is 121 g/mol. The van der Waals surface area contributed by atoms with E-state index in [1.807, 2.05) is 6.20 Å². The quantitative estimate of drug-likeness (QED) is 0.585. The molecule has 2 rings (SSSR count). The van der Waals surface area contributed by atoms with E-state index in [4.69, 9.17) is 0 Å². The van der Waals surface area contributed by atoms with Crippen LogP contribution in [0, 0.1) is 0 Å². The first kappa shape index (κ1) is 5.10. The molecule has 0 spiro atoms. The molecule has 9 heavy (non-hydrogen) atoms. The lowest BCUT2D eigenvalue weighted by atomic mass is 9.82. The predicted molar refractivity (Wildman–Crippen MR) is 37.5 cm³/mol. The second-order valence-corrected chi connectivity index (χ2v) is 2.73. The third kappa shape index (κ3) is 0.546.